The molecular weight excluding hydrogens is 382 g/mol. The Kier molecular flexibility index (Phi) is 6.90. The number of carbonyl (C=O) groups is 2. The molecular formula is C24H27NO5. The largest absolute Gasteiger partial charge is 0.507 e. The van der Waals surface area contributed by atoms with Crippen LogP contribution in [0.3, 0.4) is 0 Å². The molecule has 3 rings (SSSR count). The summed E-state index contributed by atoms with van der Waals surface area (Å²) < 4.78 is 5.49. The molecule has 0 radical (unpaired) electrons. The zero-order valence-electron chi connectivity index (χ0n) is 17.3. The quantitative estimate of drug-likeness (QED) is 0.396. The molecule has 1 saturated heterocycles. The minimum atomic E-state index is -0.700. The maximum Gasteiger partial charge on any atom is 0.295 e. The van der Waals surface area contributed by atoms with Crippen LogP contribution in [-0.2, 0) is 16.0 Å². The Morgan fingerprint density at radius 3 is 2.47 bits per heavy atom. The number of Topliss-reactive ketones (excluding diaryl/α,β-unsaturated/α-hetero) is 1. The summed E-state index contributed by atoms with van der Waals surface area (Å²) >= 11 is 0. The van der Waals surface area contributed by atoms with Gasteiger partial charge in [-0.2, -0.15) is 0 Å². The SMILES string of the molecule is CCCN1C(=O)C(=O)/C(=C(\O)c2ccc(CC)cc2)C1c1cccc(OCCO)c1. The second-order valence-electron chi connectivity index (χ2n) is 7.19. The van der Waals surface area contributed by atoms with E-state index >= 15 is 0 Å². The van der Waals surface area contributed by atoms with Crippen LogP contribution < -0.4 is 4.74 Å². The van der Waals surface area contributed by atoms with Crippen LogP contribution in [0.2, 0.25) is 0 Å². The van der Waals surface area contributed by atoms with Gasteiger partial charge in [-0.15, -0.1) is 0 Å². The summed E-state index contributed by atoms with van der Waals surface area (Å²) in [5.74, 6) is -0.959. The van der Waals surface area contributed by atoms with E-state index in [1.807, 2.05) is 26.0 Å². The summed E-state index contributed by atoms with van der Waals surface area (Å²) in [6, 6.07) is 13.7. The van der Waals surface area contributed by atoms with Crippen molar-refractivity contribution < 1.29 is 24.5 Å². The first-order valence-electron chi connectivity index (χ1n) is 10.2. The lowest BCUT2D eigenvalue weighted by Gasteiger charge is -2.25. The molecule has 6 nitrogen and oxygen atoms in total. The van der Waals surface area contributed by atoms with E-state index in [0.29, 0.717) is 29.8 Å². The van der Waals surface area contributed by atoms with Gasteiger partial charge in [0.05, 0.1) is 18.2 Å². The van der Waals surface area contributed by atoms with Gasteiger partial charge < -0.3 is 19.8 Å². The van der Waals surface area contributed by atoms with Gasteiger partial charge in [0, 0.05) is 12.1 Å². The van der Waals surface area contributed by atoms with Crippen LogP contribution in [0.25, 0.3) is 5.76 Å². The number of aliphatic hydroxyl groups is 2. The topological polar surface area (TPSA) is 87.1 Å². The predicted octanol–water partition coefficient (Wildman–Crippen LogP) is 3.45. The van der Waals surface area contributed by atoms with Crippen LogP contribution in [0.1, 0.15) is 43.0 Å². The van der Waals surface area contributed by atoms with Crippen LogP contribution in [0.5, 0.6) is 5.75 Å². The molecule has 0 aromatic heterocycles. The van der Waals surface area contributed by atoms with Crippen molar-refractivity contribution in [1.29, 1.82) is 0 Å². The van der Waals surface area contributed by atoms with Crippen LogP contribution in [0.4, 0.5) is 0 Å². The number of ketones is 1. The minimum absolute atomic E-state index is 0.0806. The molecule has 2 aromatic rings. The lowest BCUT2D eigenvalue weighted by atomic mass is 9.94. The minimum Gasteiger partial charge on any atom is -0.507 e. The molecule has 2 aromatic carbocycles. The van der Waals surface area contributed by atoms with Gasteiger partial charge in [-0.25, -0.2) is 0 Å². The Hall–Kier alpha value is -3.12. The normalized spacial score (nSPS) is 18.1. The first-order valence-corrected chi connectivity index (χ1v) is 10.2. The van der Waals surface area contributed by atoms with Crippen LogP contribution in [0, 0.1) is 0 Å². The Morgan fingerprint density at radius 1 is 1.10 bits per heavy atom. The molecule has 1 aliphatic heterocycles. The summed E-state index contributed by atoms with van der Waals surface area (Å²) in [6.45, 7) is 4.38. The standard InChI is InChI=1S/C24H27NO5/c1-3-12-25-21(18-6-5-7-19(15-18)30-14-13-26)20(23(28)24(25)29)22(27)17-10-8-16(4-2)9-11-17/h5-11,15,21,26-27H,3-4,12-14H2,1-2H3/b22-20-. The van der Waals surface area contributed by atoms with Crippen molar-refractivity contribution in [3.05, 3.63) is 70.8 Å². The van der Waals surface area contributed by atoms with E-state index < -0.39 is 17.7 Å². The van der Waals surface area contributed by atoms with Crippen molar-refractivity contribution in [3.8, 4) is 5.75 Å². The van der Waals surface area contributed by atoms with E-state index in [0.717, 1.165) is 12.0 Å². The lowest BCUT2D eigenvalue weighted by molar-refractivity contribution is -0.139. The molecule has 30 heavy (non-hydrogen) atoms. The number of nitrogens with zero attached hydrogens (tertiary/aromatic N) is 1. The summed E-state index contributed by atoms with van der Waals surface area (Å²) in [4.78, 5) is 27.1. The van der Waals surface area contributed by atoms with Crippen molar-refractivity contribution in [3.63, 3.8) is 0 Å². The number of amides is 1. The Balaban J connectivity index is 2.11. The third kappa shape index (κ3) is 4.24. The highest BCUT2D eigenvalue weighted by atomic mass is 16.5. The summed E-state index contributed by atoms with van der Waals surface area (Å²) in [6.07, 6.45) is 1.54. The van der Waals surface area contributed by atoms with Crippen LogP contribution in [0.15, 0.2) is 54.1 Å². The van der Waals surface area contributed by atoms with Gasteiger partial charge in [0.2, 0.25) is 0 Å². The molecule has 1 heterocycles. The lowest BCUT2D eigenvalue weighted by Crippen LogP contribution is -2.30. The average Bonchev–Trinajstić information content (AvgIpc) is 3.02. The second kappa shape index (κ2) is 9.59. The molecule has 1 amide bonds. The molecule has 0 aliphatic carbocycles. The molecule has 0 spiro atoms. The van der Waals surface area contributed by atoms with Crippen LogP contribution in [-0.4, -0.2) is 46.6 Å². The third-order valence-electron chi connectivity index (χ3n) is 5.17. The van der Waals surface area contributed by atoms with E-state index in [9.17, 15) is 14.7 Å². The maximum absolute atomic E-state index is 12.9. The number of hydrogen-bond donors (Lipinski definition) is 2. The fourth-order valence-corrected chi connectivity index (χ4v) is 3.69. The van der Waals surface area contributed by atoms with Gasteiger partial charge in [-0.1, -0.05) is 50.2 Å². The van der Waals surface area contributed by atoms with Crippen molar-refractivity contribution in [2.75, 3.05) is 19.8 Å². The van der Waals surface area contributed by atoms with E-state index in [-0.39, 0.29) is 24.5 Å². The number of ether oxygens (including phenoxy) is 1. The molecule has 1 aliphatic rings. The monoisotopic (exact) mass is 409 g/mol. The molecule has 0 bridgehead atoms. The highest BCUT2D eigenvalue weighted by Gasteiger charge is 2.45. The fourth-order valence-electron chi connectivity index (χ4n) is 3.69. The van der Waals surface area contributed by atoms with Crippen molar-refractivity contribution in [2.24, 2.45) is 0 Å². The summed E-state index contributed by atoms with van der Waals surface area (Å²) in [5.41, 5.74) is 2.37. The number of rotatable bonds is 8. The maximum atomic E-state index is 12.9. The molecule has 1 unspecified atom stereocenters. The van der Waals surface area contributed by atoms with Crippen molar-refractivity contribution in [2.45, 2.75) is 32.7 Å². The van der Waals surface area contributed by atoms with E-state index in [4.69, 9.17) is 9.84 Å². The molecule has 2 N–H and O–H groups in total. The number of aryl methyl sites for hydroxylation is 1. The number of aliphatic hydroxyl groups excluding tert-OH is 2. The molecule has 1 fully saturated rings. The smallest absolute Gasteiger partial charge is 0.295 e. The molecule has 6 heteroatoms. The Morgan fingerprint density at radius 2 is 1.83 bits per heavy atom. The Labute approximate surface area is 176 Å². The summed E-state index contributed by atoms with van der Waals surface area (Å²) in [5, 5.41) is 20.0. The van der Waals surface area contributed by atoms with Gasteiger partial charge >= 0.3 is 0 Å². The van der Waals surface area contributed by atoms with Gasteiger partial charge in [-0.05, 0) is 36.1 Å². The van der Waals surface area contributed by atoms with E-state index in [2.05, 4.69) is 0 Å². The van der Waals surface area contributed by atoms with Crippen LogP contribution >= 0.6 is 0 Å². The van der Waals surface area contributed by atoms with Gasteiger partial charge in [0.1, 0.15) is 18.1 Å². The first-order chi connectivity index (χ1) is 14.5. The number of benzene rings is 2. The van der Waals surface area contributed by atoms with Gasteiger partial charge in [-0.3, -0.25) is 9.59 Å². The predicted molar refractivity (Wildman–Crippen MR) is 114 cm³/mol. The summed E-state index contributed by atoms with van der Waals surface area (Å²) in [7, 11) is 0. The fraction of sp³-hybridized carbons (Fsp3) is 0.333. The highest BCUT2D eigenvalue weighted by molar-refractivity contribution is 6.46. The average molecular weight is 409 g/mol. The van der Waals surface area contributed by atoms with Gasteiger partial charge in [0.15, 0.2) is 0 Å². The van der Waals surface area contributed by atoms with E-state index in [1.54, 1.807) is 36.4 Å². The van der Waals surface area contributed by atoms with Crippen molar-refractivity contribution in [1.82, 2.24) is 4.90 Å². The zero-order chi connectivity index (χ0) is 21.7. The molecule has 158 valence electrons. The molecule has 0 saturated carbocycles. The second-order valence-corrected chi connectivity index (χ2v) is 7.19. The number of hydrogen-bond acceptors (Lipinski definition) is 5. The van der Waals surface area contributed by atoms with E-state index in [1.165, 1.54) is 4.90 Å². The zero-order valence-corrected chi connectivity index (χ0v) is 17.3. The van der Waals surface area contributed by atoms with Crippen molar-refractivity contribution >= 4 is 17.4 Å². The molecule has 1 atom stereocenters. The number of carbonyl (C=O) groups excluding carboxylic acids is 2. The first kappa shape index (κ1) is 21.6. The number of likely N-dealkylation sites (tertiary alicyclic amines) is 1. The third-order valence-corrected chi connectivity index (χ3v) is 5.17. The Bertz CT molecular complexity index is 948. The van der Waals surface area contributed by atoms with Gasteiger partial charge in [0.25, 0.3) is 11.7 Å². The highest BCUT2D eigenvalue weighted by Crippen LogP contribution is 2.40.